The molecular formula is C17H24ClF3N2O3. The average molecular weight is 397 g/mol. The molecule has 26 heavy (non-hydrogen) atoms. The molecular weight excluding hydrogens is 373 g/mol. The van der Waals surface area contributed by atoms with Crippen molar-refractivity contribution in [2.75, 3.05) is 19.8 Å². The number of halogens is 4. The van der Waals surface area contributed by atoms with Crippen molar-refractivity contribution in [2.45, 2.75) is 37.9 Å². The SMILES string of the molecule is Cl.NCC1CCCCC1NC(=O)COc1ccccc1OCC(F)(F)F. The number of para-hydroxylation sites is 2. The molecule has 2 atom stereocenters. The van der Waals surface area contributed by atoms with E-state index in [1.807, 2.05) is 0 Å². The van der Waals surface area contributed by atoms with Gasteiger partial charge in [-0.25, -0.2) is 0 Å². The number of benzene rings is 1. The minimum atomic E-state index is -4.44. The van der Waals surface area contributed by atoms with E-state index in [0.29, 0.717) is 6.54 Å². The first-order valence-electron chi connectivity index (χ1n) is 8.30. The van der Waals surface area contributed by atoms with E-state index >= 15 is 0 Å². The van der Waals surface area contributed by atoms with Crippen LogP contribution in [0.3, 0.4) is 0 Å². The van der Waals surface area contributed by atoms with E-state index in [4.69, 9.17) is 15.2 Å². The van der Waals surface area contributed by atoms with Gasteiger partial charge in [-0.3, -0.25) is 4.79 Å². The maximum atomic E-state index is 12.3. The monoisotopic (exact) mass is 396 g/mol. The van der Waals surface area contributed by atoms with E-state index < -0.39 is 12.8 Å². The van der Waals surface area contributed by atoms with Gasteiger partial charge in [0.15, 0.2) is 24.7 Å². The minimum Gasteiger partial charge on any atom is -0.480 e. The molecule has 2 unspecified atom stereocenters. The van der Waals surface area contributed by atoms with Crippen molar-refractivity contribution in [3.8, 4) is 11.5 Å². The van der Waals surface area contributed by atoms with Gasteiger partial charge in [-0.05, 0) is 37.4 Å². The van der Waals surface area contributed by atoms with Gasteiger partial charge in [0.2, 0.25) is 0 Å². The van der Waals surface area contributed by atoms with Crippen molar-refractivity contribution in [3.63, 3.8) is 0 Å². The lowest BCUT2D eigenvalue weighted by Crippen LogP contribution is -2.46. The molecule has 5 nitrogen and oxygen atoms in total. The van der Waals surface area contributed by atoms with Crippen LogP contribution < -0.4 is 20.5 Å². The summed E-state index contributed by atoms with van der Waals surface area (Å²) in [6.45, 7) is -1.19. The van der Waals surface area contributed by atoms with E-state index in [2.05, 4.69) is 5.32 Å². The Balaban J connectivity index is 0.00000338. The highest BCUT2D eigenvalue weighted by Crippen LogP contribution is 2.28. The highest BCUT2D eigenvalue weighted by atomic mass is 35.5. The molecule has 2 rings (SSSR count). The first kappa shape index (κ1) is 22.4. The summed E-state index contributed by atoms with van der Waals surface area (Å²) in [7, 11) is 0. The molecule has 1 aromatic rings. The zero-order valence-corrected chi connectivity index (χ0v) is 15.1. The van der Waals surface area contributed by atoms with E-state index in [1.165, 1.54) is 18.2 Å². The minimum absolute atomic E-state index is 0. The molecule has 9 heteroatoms. The van der Waals surface area contributed by atoms with Gasteiger partial charge < -0.3 is 20.5 Å². The number of carbonyl (C=O) groups is 1. The van der Waals surface area contributed by atoms with Crippen LogP contribution in [0.15, 0.2) is 24.3 Å². The molecule has 0 aromatic heterocycles. The number of rotatable bonds is 7. The summed E-state index contributed by atoms with van der Waals surface area (Å²) >= 11 is 0. The van der Waals surface area contributed by atoms with Gasteiger partial charge in [-0.1, -0.05) is 25.0 Å². The summed E-state index contributed by atoms with van der Waals surface area (Å²) in [5.74, 6) is -0.0258. The number of carbonyl (C=O) groups excluding carboxylic acids is 1. The molecule has 0 saturated heterocycles. The second-order valence-corrected chi connectivity index (χ2v) is 6.09. The van der Waals surface area contributed by atoms with Crippen molar-refractivity contribution >= 4 is 18.3 Å². The molecule has 0 bridgehead atoms. The Kier molecular flexibility index (Phi) is 9.01. The second kappa shape index (κ2) is 10.5. The van der Waals surface area contributed by atoms with Gasteiger partial charge in [0, 0.05) is 6.04 Å². The summed E-state index contributed by atoms with van der Waals surface area (Å²) in [6, 6.07) is 5.98. The standard InChI is InChI=1S/C17H23F3N2O3.ClH/c18-17(19,20)11-25-15-8-4-3-7-14(15)24-10-16(23)22-13-6-2-1-5-12(13)9-21;/h3-4,7-8,12-13H,1-2,5-6,9-11,21H2,(H,22,23);1H. The van der Waals surface area contributed by atoms with Gasteiger partial charge in [-0.2, -0.15) is 13.2 Å². The van der Waals surface area contributed by atoms with Crippen molar-refractivity contribution < 1.29 is 27.4 Å². The third-order valence-corrected chi connectivity index (χ3v) is 4.16. The molecule has 1 aliphatic rings. The summed E-state index contributed by atoms with van der Waals surface area (Å²) in [4.78, 5) is 12.1. The molecule has 1 saturated carbocycles. The zero-order chi connectivity index (χ0) is 18.3. The van der Waals surface area contributed by atoms with E-state index in [9.17, 15) is 18.0 Å². The van der Waals surface area contributed by atoms with Gasteiger partial charge >= 0.3 is 6.18 Å². The molecule has 148 valence electrons. The Morgan fingerprint density at radius 2 is 1.77 bits per heavy atom. The fourth-order valence-electron chi connectivity index (χ4n) is 2.92. The summed E-state index contributed by atoms with van der Waals surface area (Å²) in [5, 5.41) is 2.90. The first-order valence-corrected chi connectivity index (χ1v) is 8.30. The van der Waals surface area contributed by atoms with Gasteiger partial charge in [0.05, 0.1) is 0 Å². The third-order valence-electron chi connectivity index (χ3n) is 4.16. The molecule has 1 fully saturated rings. The Bertz CT molecular complexity index is 572. The van der Waals surface area contributed by atoms with Crippen LogP contribution in [0.25, 0.3) is 0 Å². The average Bonchev–Trinajstić information content (AvgIpc) is 2.58. The number of nitrogens with two attached hydrogens (primary N) is 1. The number of nitrogens with one attached hydrogen (secondary N) is 1. The van der Waals surface area contributed by atoms with Crippen LogP contribution in [0, 0.1) is 5.92 Å². The molecule has 3 N–H and O–H groups in total. The van der Waals surface area contributed by atoms with E-state index in [-0.39, 0.29) is 48.4 Å². The zero-order valence-electron chi connectivity index (χ0n) is 14.3. The summed E-state index contributed by atoms with van der Waals surface area (Å²) in [5.41, 5.74) is 5.73. The normalized spacial score (nSPS) is 20.0. The Labute approximate surface area is 156 Å². The van der Waals surface area contributed by atoms with E-state index in [1.54, 1.807) is 6.07 Å². The molecule has 0 spiro atoms. The van der Waals surface area contributed by atoms with Crippen LogP contribution >= 0.6 is 12.4 Å². The van der Waals surface area contributed by atoms with Crippen molar-refractivity contribution in [1.82, 2.24) is 5.32 Å². The number of amides is 1. The molecule has 0 radical (unpaired) electrons. The summed E-state index contributed by atoms with van der Waals surface area (Å²) in [6.07, 6.45) is -0.441. The molecule has 1 aromatic carbocycles. The van der Waals surface area contributed by atoms with Crippen molar-refractivity contribution in [2.24, 2.45) is 11.7 Å². The molecule has 0 heterocycles. The fourth-order valence-corrected chi connectivity index (χ4v) is 2.92. The van der Waals surface area contributed by atoms with Crippen LogP contribution in [-0.2, 0) is 4.79 Å². The second-order valence-electron chi connectivity index (χ2n) is 6.09. The maximum absolute atomic E-state index is 12.3. The van der Waals surface area contributed by atoms with Crippen LogP contribution in [-0.4, -0.2) is 37.9 Å². The van der Waals surface area contributed by atoms with Gasteiger partial charge in [0.25, 0.3) is 5.91 Å². The van der Waals surface area contributed by atoms with Gasteiger partial charge in [-0.15, -0.1) is 12.4 Å². The Morgan fingerprint density at radius 1 is 1.15 bits per heavy atom. The van der Waals surface area contributed by atoms with Gasteiger partial charge in [0.1, 0.15) is 0 Å². The Morgan fingerprint density at radius 3 is 2.38 bits per heavy atom. The number of hydrogen-bond donors (Lipinski definition) is 2. The number of ether oxygens (including phenoxy) is 2. The van der Waals surface area contributed by atoms with E-state index in [0.717, 1.165) is 25.7 Å². The molecule has 1 amide bonds. The predicted octanol–water partition coefficient (Wildman–Crippen LogP) is 3.06. The number of alkyl halides is 3. The van der Waals surface area contributed by atoms with Crippen LogP contribution in [0.1, 0.15) is 25.7 Å². The van der Waals surface area contributed by atoms with Crippen molar-refractivity contribution in [1.29, 1.82) is 0 Å². The third kappa shape index (κ3) is 7.29. The summed E-state index contributed by atoms with van der Waals surface area (Å²) < 4.78 is 46.9. The first-order chi connectivity index (χ1) is 11.9. The molecule has 0 aliphatic heterocycles. The maximum Gasteiger partial charge on any atom is 0.422 e. The number of hydrogen-bond acceptors (Lipinski definition) is 4. The van der Waals surface area contributed by atoms with Crippen LogP contribution in [0.2, 0.25) is 0 Å². The largest absolute Gasteiger partial charge is 0.480 e. The molecule has 1 aliphatic carbocycles. The van der Waals surface area contributed by atoms with Crippen LogP contribution in [0.4, 0.5) is 13.2 Å². The smallest absolute Gasteiger partial charge is 0.422 e. The highest BCUT2D eigenvalue weighted by molar-refractivity contribution is 5.85. The topological polar surface area (TPSA) is 73.6 Å². The highest BCUT2D eigenvalue weighted by Gasteiger charge is 2.29. The quantitative estimate of drug-likeness (QED) is 0.743. The predicted molar refractivity (Wildman–Crippen MR) is 93.7 cm³/mol. The fraction of sp³-hybridized carbons (Fsp3) is 0.588. The van der Waals surface area contributed by atoms with Crippen LogP contribution in [0.5, 0.6) is 11.5 Å². The lowest BCUT2D eigenvalue weighted by molar-refractivity contribution is -0.153. The Hall–Kier alpha value is -1.67. The van der Waals surface area contributed by atoms with Crippen molar-refractivity contribution in [3.05, 3.63) is 24.3 Å². The lowest BCUT2D eigenvalue weighted by atomic mass is 9.84. The lowest BCUT2D eigenvalue weighted by Gasteiger charge is -2.31.